The number of nitrogens with zero attached hydrogens (tertiary/aromatic N) is 2. The monoisotopic (exact) mass is 303 g/mol. The van der Waals surface area contributed by atoms with Gasteiger partial charge < -0.3 is 10.6 Å². The Morgan fingerprint density at radius 2 is 1.95 bits per heavy atom. The molecule has 2 N–H and O–H groups in total. The molecule has 0 aromatic heterocycles. The summed E-state index contributed by atoms with van der Waals surface area (Å²) in [5.41, 5.74) is 5.76. The first-order chi connectivity index (χ1) is 10.1. The zero-order valence-electron chi connectivity index (χ0n) is 12.3. The molecule has 1 fully saturated rings. The zero-order chi connectivity index (χ0) is 15.3. The SMILES string of the molecule is CN(C(=O)CSc1ccc(N)cc1)C1(C#N)CCCCC1. The first-order valence-electron chi connectivity index (χ1n) is 7.24. The van der Waals surface area contributed by atoms with Gasteiger partial charge in [0.05, 0.1) is 11.8 Å². The highest BCUT2D eigenvalue weighted by atomic mass is 32.2. The lowest BCUT2D eigenvalue weighted by Gasteiger charge is -2.39. The van der Waals surface area contributed by atoms with Crippen LogP contribution in [0, 0.1) is 11.3 Å². The largest absolute Gasteiger partial charge is 0.399 e. The molecule has 1 aliphatic carbocycles. The summed E-state index contributed by atoms with van der Waals surface area (Å²) in [4.78, 5) is 15.1. The van der Waals surface area contributed by atoms with Crippen molar-refractivity contribution in [2.24, 2.45) is 0 Å². The Balaban J connectivity index is 1.95. The number of hydrogen-bond acceptors (Lipinski definition) is 4. The Labute approximate surface area is 130 Å². The van der Waals surface area contributed by atoms with Crippen molar-refractivity contribution in [3.8, 4) is 6.07 Å². The predicted octanol–water partition coefficient (Wildman–Crippen LogP) is 3.05. The second-order valence-corrected chi connectivity index (χ2v) is 6.56. The third-order valence-electron chi connectivity index (χ3n) is 4.15. The maximum atomic E-state index is 12.4. The van der Waals surface area contributed by atoms with Gasteiger partial charge in [-0.2, -0.15) is 5.26 Å². The zero-order valence-corrected chi connectivity index (χ0v) is 13.2. The van der Waals surface area contributed by atoms with Gasteiger partial charge in [-0.25, -0.2) is 0 Å². The van der Waals surface area contributed by atoms with Crippen LogP contribution < -0.4 is 5.73 Å². The molecule has 0 saturated heterocycles. The van der Waals surface area contributed by atoms with Crippen molar-refractivity contribution in [2.75, 3.05) is 18.5 Å². The number of nitrogen functional groups attached to an aromatic ring is 1. The van der Waals surface area contributed by atoms with Crippen LogP contribution in [0.3, 0.4) is 0 Å². The number of thioether (sulfide) groups is 1. The molecule has 1 aromatic carbocycles. The minimum absolute atomic E-state index is 0.0141. The van der Waals surface area contributed by atoms with Crippen LogP contribution in [0.1, 0.15) is 32.1 Å². The number of hydrogen-bond donors (Lipinski definition) is 1. The number of carbonyl (C=O) groups excluding carboxylic acids is 1. The molecule has 1 saturated carbocycles. The molecule has 0 atom stereocenters. The normalized spacial score (nSPS) is 17.0. The van der Waals surface area contributed by atoms with Crippen molar-refractivity contribution >= 4 is 23.4 Å². The van der Waals surface area contributed by atoms with E-state index in [4.69, 9.17) is 5.73 Å². The van der Waals surface area contributed by atoms with Gasteiger partial charge in [0.25, 0.3) is 0 Å². The molecule has 1 aliphatic rings. The molecule has 4 nitrogen and oxygen atoms in total. The Morgan fingerprint density at radius 3 is 2.52 bits per heavy atom. The van der Waals surface area contributed by atoms with Crippen LogP contribution in [-0.4, -0.2) is 29.1 Å². The molecule has 0 bridgehead atoms. The van der Waals surface area contributed by atoms with Gasteiger partial charge in [0.15, 0.2) is 0 Å². The fraction of sp³-hybridized carbons (Fsp3) is 0.500. The Kier molecular flexibility index (Phi) is 5.13. The molecule has 0 aliphatic heterocycles. The molecule has 112 valence electrons. The van der Waals surface area contributed by atoms with Crippen LogP contribution in [0.2, 0.25) is 0 Å². The topological polar surface area (TPSA) is 70.1 Å². The van der Waals surface area contributed by atoms with Crippen molar-refractivity contribution in [3.63, 3.8) is 0 Å². The number of anilines is 1. The van der Waals surface area contributed by atoms with Gasteiger partial charge in [-0.15, -0.1) is 11.8 Å². The highest BCUT2D eigenvalue weighted by molar-refractivity contribution is 8.00. The van der Waals surface area contributed by atoms with Crippen molar-refractivity contribution in [3.05, 3.63) is 24.3 Å². The minimum Gasteiger partial charge on any atom is -0.399 e. The van der Waals surface area contributed by atoms with Crippen LogP contribution in [0.15, 0.2) is 29.2 Å². The number of benzene rings is 1. The number of nitrogens with two attached hydrogens (primary N) is 1. The smallest absolute Gasteiger partial charge is 0.233 e. The third kappa shape index (κ3) is 3.70. The molecule has 5 heteroatoms. The van der Waals surface area contributed by atoms with E-state index in [1.54, 1.807) is 11.9 Å². The van der Waals surface area contributed by atoms with E-state index < -0.39 is 5.54 Å². The van der Waals surface area contributed by atoms with Gasteiger partial charge in [-0.05, 0) is 37.1 Å². The fourth-order valence-electron chi connectivity index (χ4n) is 2.70. The van der Waals surface area contributed by atoms with Crippen LogP contribution in [0.25, 0.3) is 0 Å². The summed E-state index contributed by atoms with van der Waals surface area (Å²) in [6, 6.07) is 9.86. The summed E-state index contributed by atoms with van der Waals surface area (Å²) >= 11 is 1.48. The maximum absolute atomic E-state index is 12.4. The molecule has 21 heavy (non-hydrogen) atoms. The lowest BCUT2D eigenvalue weighted by molar-refractivity contribution is -0.131. The Hall–Kier alpha value is -1.67. The van der Waals surface area contributed by atoms with E-state index in [-0.39, 0.29) is 5.91 Å². The summed E-state index contributed by atoms with van der Waals surface area (Å²) in [5.74, 6) is 0.365. The number of nitriles is 1. The lowest BCUT2D eigenvalue weighted by atomic mass is 9.81. The summed E-state index contributed by atoms with van der Waals surface area (Å²) < 4.78 is 0. The molecule has 2 rings (SSSR count). The van der Waals surface area contributed by atoms with Crippen LogP contribution in [0.5, 0.6) is 0 Å². The summed E-state index contributed by atoms with van der Waals surface area (Å²) in [7, 11) is 1.76. The van der Waals surface area contributed by atoms with Crippen molar-refractivity contribution in [2.45, 2.75) is 42.5 Å². The summed E-state index contributed by atoms with van der Waals surface area (Å²) in [6.45, 7) is 0. The minimum atomic E-state index is -0.600. The Morgan fingerprint density at radius 1 is 1.33 bits per heavy atom. The second-order valence-electron chi connectivity index (χ2n) is 5.51. The van der Waals surface area contributed by atoms with Crippen molar-refractivity contribution in [1.29, 1.82) is 5.26 Å². The van der Waals surface area contributed by atoms with Gasteiger partial charge in [-0.1, -0.05) is 19.3 Å². The summed E-state index contributed by atoms with van der Waals surface area (Å²) in [6.07, 6.45) is 4.79. The number of carbonyl (C=O) groups is 1. The maximum Gasteiger partial charge on any atom is 0.233 e. The quantitative estimate of drug-likeness (QED) is 0.685. The van der Waals surface area contributed by atoms with Gasteiger partial charge in [-0.3, -0.25) is 4.79 Å². The van der Waals surface area contributed by atoms with E-state index in [0.717, 1.165) is 37.0 Å². The van der Waals surface area contributed by atoms with Gasteiger partial charge in [0.1, 0.15) is 5.54 Å². The average Bonchev–Trinajstić information content (AvgIpc) is 2.54. The molecule has 0 spiro atoms. The number of amides is 1. The third-order valence-corrected chi connectivity index (χ3v) is 5.14. The average molecular weight is 303 g/mol. The molecule has 1 aromatic rings. The van der Waals surface area contributed by atoms with E-state index in [9.17, 15) is 10.1 Å². The highest BCUT2D eigenvalue weighted by Crippen LogP contribution is 2.33. The van der Waals surface area contributed by atoms with Gasteiger partial charge in [0.2, 0.25) is 5.91 Å². The van der Waals surface area contributed by atoms with Crippen LogP contribution in [0.4, 0.5) is 5.69 Å². The first kappa shape index (κ1) is 15.7. The lowest BCUT2D eigenvalue weighted by Crippen LogP contribution is -2.50. The highest BCUT2D eigenvalue weighted by Gasteiger charge is 2.38. The molecule has 1 amide bonds. The van der Waals surface area contributed by atoms with E-state index in [2.05, 4.69) is 6.07 Å². The number of rotatable bonds is 4. The second kappa shape index (κ2) is 6.86. The molecule has 0 unspecified atom stereocenters. The predicted molar refractivity (Wildman–Crippen MR) is 85.8 cm³/mol. The van der Waals surface area contributed by atoms with Gasteiger partial charge >= 0.3 is 0 Å². The molecular formula is C16H21N3OS. The van der Waals surface area contributed by atoms with Crippen LogP contribution in [-0.2, 0) is 4.79 Å². The Bertz CT molecular complexity index is 529. The van der Waals surface area contributed by atoms with Crippen molar-refractivity contribution < 1.29 is 4.79 Å². The summed E-state index contributed by atoms with van der Waals surface area (Å²) in [5, 5.41) is 9.51. The first-order valence-corrected chi connectivity index (χ1v) is 8.22. The standard InChI is InChI=1S/C16H21N3OS/c1-19(16(12-17)9-3-2-4-10-16)15(20)11-21-14-7-5-13(18)6-8-14/h5-8H,2-4,9-11,18H2,1H3. The van der Waals surface area contributed by atoms with E-state index >= 15 is 0 Å². The van der Waals surface area contributed by atoms with E-state index in [0.29, 0.717) is 11.4 Å². The van der Waals surface area contributed by atoms with E-state index in [1.165, 1.54) is 11.8 Å². The molecule has 0 heterocycles. The molecule has 0 radical (unpaired) electrons. The molecular weight excluding hydrogens is 282 g/mol. The fourth-order valence-corrected chi connectivity index (χ4v) is 3.52. The van der Waals surface area contributed by atoms with Crippen LogP contribution >= 0.6 is 11.8 Å². The van der Waals surface area contributed by atoms with E-state index in [1.807, 2.05) is 24.3 Å². The van der Waals surface area contributed by atoms with Gasteiger partial charge in [0, 0.05) is 17.6 Å². The van der Waals surface area contributed by atoms with Crippen molar-refractivity contribution in [1.82, 2.24) is 4.90 Å².